The van der Waals surface area contributed by atoms with Gasteiger partial charge in [-0.3, -0.25) is 0 Å². The van der Waals surface area contributed by atoms with Crippen molar-refractivity contribution in [1.29, 1.82) is 0 Å². The molecule has 0 amide bonds. The van der Waals surface area contributed by atoms with Gasteiger partial charge in [-0.1, -0.05) is 6.07 Å². The van der Waals surface area contributed by atoms with Gasteiger partial charge in [0.2, 0.25) is 0 Å². The van der Waals surface area contributed by atoms with Crippen molar-refractivity contribution < 1.29 is 13.2 Å². The minimum atomic E-state index is -0.656. The Morgan fingerprint density at radius 3 is 2.47 bits per heavy atom. The predicted octanol–water partition coefficient (Wildman–Crippen LogP) is 3.90. The Kier molecular flexibility index (Phi) is 4.18. The van der Waals surface area contributed by atoms with Crippen LogP contribution in [0.2, 0.25) is 0 Å². The van der Waals surface area contributed by atoms with Gasteiger partial charge in [0.05, 0.1) is 14.9 Å². The lowest BCUT2D eigenvalue weighted by atomic mass is 10.2. The molecular weight excluding hydrogens is 368 g/mol. The summed E-state index contributed by atoms with van der Waals surface area (Å²) >= 11 is 1.83. The molecule has 0 aliphatic heterocycles. The molecule has 2 aromatic carbocycles. The third-order valence-corrected chi connectivity index (χ3v) is 3.40. The van der Waals surface area contributed by atoms with Crippen LogP contribution in [0.1, 0.15) is 5.56 Å². The zero-order valence-electron chi connectivity index (χ0n) is 9.68. The normalized spacial score (nSPS) is 10.5. The Labute approximate surface area is 122 Å². The molecule has 0 unspecified atom stereocenters. The molecular formula is C13H10F3IN2. The number of benzene rings is 2. The van der Waals surface area contributed by atoms with Crippen LogP contribution in [0.4, 0.5) is 24.5 Å². The molecule has 0 saturated carbocycles. The van der Waals surface area contributed by atoms with E-state index in [1.807, 2.05) is 22.6 Å². The van der Waals surface area contributed by atoms with E-state index in [0.29, 0.717) is 14.9 Å². The van der Waals surface area contributed by atoms with Gasteiger partial charge in [-0.2, -0.15) is 0 Å². The fraction of sp³-hybridized carbons (Fsp3) is 0.0769. The average Bonchev–Trinajstić information content (AvgIpc) is 2.34. The molecule has 2 rings (SSSR count). The summed E-state index contributed by atoms with van der Waals surface area (Å²) in [5.74, 6) is -1.70. The molecule has 6 heteroatoms. The highest BCUT2D eigenvalue weighted by Gasteiger charge is 2.08. The largest absolute Gasteiger partial charge is 0.397 e. The Hall–Kier alpha value is -1.44. The van der Waals surface area contributed by atoms with Crippen LogP contribution in [0, 0.1) is 21.0 Å². The highest BCUT2D eigenvalue weighted by Crippen LogP contribution is 2.24. The first-order chi connectivity index (χ1) is 8.97. The van der Waals surface area contributed by atoms with E-state index >= 15 is 0 Å². The minimum absolute atomic E-state index is 0.0936. The highest BCUT2D eigenvalue weighted by molar-refractivity contribution is 14.1. The summed E-state index contributed by atoms with van der Waals surface area (Å²) in [7, 11) is 0. The number of hydrogen-bond donors (Lipinski definition) is 2. The quantitative estimate of drug-likeness (QED) is 0.628. The molecule has 0 aliphatic rings. The third kappa shape index (κ3) is 3.31. The van der Waals surface area contributed by atoms with E-state index < -0.39 is 17.5 Å². The first-order valence-electron chi connectivity index (χ1n) is 5.39. The van der Waals surface area contributed by atoms with E-state index in [-0.39, 0.29) is 12.1 Å². The number of nitrogens with one attached hydrogen (secondary N) is 1. The Morgan fingerprint density at radius 2 is 1.79 bits per heavy atom. The number of nitrogen functional groups attached to an aromatic ring is 1. The van der Waals surface area contributed by atoms with E-state index in [0.717, 1.165) is 12.1 Å². The van der Waals surface area contributed by atoms with Crippen molar-refractivity contribution in [3.63, 3.8) is 0 Å². The zero-order valence-corrected chi connectivity index (χ0v) is 11.8. The predicted molar refractivity (Wildman–Crippen MR) is 77.2 cm³/mol. The van der Waals surface area contributed by atoms with Crippen LogP contribution >= 0.6 is 22.6 Å². The zero-order chi connectivity index (χ0) is 14.0. The van der Waals surface area contributed by atoms with Crippen LogP contribution in [0.15, 0.2) is 30.3 Å². The molecule has 100 valence electrons. The lowest BCUT2D eigenvalue weighted by molar-refractivity contribution is 0.574. The van der Waals surface area contributed by atoms with E-state index in [1.54, 1.807) is 0 Å². The molecule has 0 saturated heterocycles. The summed E-state index contributed by atoms with van der Waals surface area (Å²) in [5, 5.41) is 2.83. The second-order valence-corrected chi connectivity index (χ2v) is 5.11. The van der Waals surface area contributed by atoms with Crippen molar-refractivity contribution >= 4 is 34.0 Å². The van der Waals surface area contributed by atoms with Crippen LogP contribution in [0.3, 0.4) is 0 Å². The van der Waals surface area contributed by atoms with E-state index in [9.17, 15) is 13.2 Å². The van der Waals surface area contributed by atoms with Gasteiger partial charge in [-0.25, -0.2) is 13.2 Å². The van der Waals surface area contributed by atoms with Gasteiger partial charge >= 0.3 is 0 Å². The minimum Gasteiger partial charge on any atom is -0.397 e. The number of nitrogens with two attached hydrogens (primary N) is 1. The first-order valence-corrected chi connectivity index (χ1v) is 6.47. The molecule has 0 spiro atoms. The van der Waals surface area contributed by atoms with Crippen molar-refractivity contribution in [1.82, 2.24) is 0 Å². The maximum absolute atomic E-state index is 13.4. The second-order valence-electron chi connectivity index (χ2n) is 3.94. The van der Waals surface area contributed by atoms with Crippen LogP contribution in [0.25, 0.3) is 0 Å². The van der Waals surface area contributed by atoms with Crippen LogP contribution < -0.4 is 11.1 Å². The Morgan fingerprint density at radius 1 is 1.05 bits per heavy atom. The summed E-state index contributed by atoms with van der Waals surface area (Å²) in [6.07, 6.45) is 0. The van der Waals surface area contributed by atoms with Gasteiger partial charge in [-0.05, 0) is 34.7 Å². The van der Waals surface area contributed by atoms with Gasteiger partial charge in [-0.15, -0.1) is 0 Å². The number of hydrogen-bond acceptors (Lipinski definition) is 2. The van der Waals surface area contributed by atoms with Gasteiger partial charge in [0.15, 0.2) is 0 Å². The molecule has 0 fully saturated rings. The Balaban J connectivity index is 2.16. The van der Waals surface area contributed by atoms with Gasteiger partial charge in [0.1, 0.15) is 17.5 Å². The topological polar surface area (TPSA) is 38.0 Å². The van der Waals surface area contributed by atoms with Crippen molar-refractivity contribution in [2.75, 3.05) is 11.1 Å². The molecule has 0 aromatic heterocycles. The number of rotatable bonds is 3. The highest BCUT2D eigenvalue weighted by atomic mass is 127. The summed E-state index contributed by atoms with van der Waals surface area (Å²) in [6.45, 7) is 0.0936. The van der Waals surface area contributed by atoms with Gasteiger partial charge < -0.3 is 11.1 Å². The summed E-state index contributed by atoms with van der Waals surface area (Å²) in [5.41, 5.74) is 6.75. The first kappa shape index (κ1) is 14.0. The molecule has 2 aromatic rings. The van der Waals surface area contributed by atoms with Crippen LogP contribution in [0.5, 0.6) is 0 Å². The van der Waals surface area contributed by atoms with Crippen molar-refractivity contribution in [2.24, 2.45) is 0 Å². The second kappa shape index (κ2) is 5.68. The third-order valence-electron chi connectivity index (χ3n) is 2.58. The SMILES string of the molecule is Nc1cc(I)c(F)cc1NCc1ccc(F)cc1F. The number of halogens is 4. The van der Waals surface area contributed by atoms with E-state index in [4.69, 9.17) is 5.73 Å². The molecule has 0 atom stereocenters. The Bertz CT molecular complexity index is 617. The van der Waals surface area contributed by atoms with Crippen molar-refractivity contribution in [2.45, 2.75) is 6.54 Å². The van der Waals surface area contributed by atoms with E-state index in [1.165, 1.54) is 18.2 Å². The van der Waals surface area contributed by atoms with Crippen LogP contribution in [-0.4, -0.2) is 0 Å². The molecule has 19 heavy (non-hydrogen) atoms. The molecule has 0 bridgehead atoms. The summed E-state index contributed by atoms with van der Waals surface area (Å²) in [6, 6.07) is 6.03. The lowest BCUT2D eigenvalue weighted by Gasteiger charge is -2.11. The molecule has 0 radical (unpaired) electrons. The van der Waals surface area contributed by atoms with Crippen molar-refractivity contribution in [3.8, 4) is 0 Å². The molecule has 0 aliphatic carbocycles. The average molecular weight is 378 g/mol. The van der Waals surface area contributed by atoms with Crippen molar-refractivity contribution in [3.05, 3.63) is 56.9 Å². The molecule has 2 nitrogen and oxygen atoms in total. The fourth-order valence-corrected chi connectivity index (χ4v) is 2.06. The molecule has 3 N–H and O–H groups in total. The van der Waals surface area contributed by atoms with Gasteiger partial charge in [0.25, 0.3) is 0 Å². The standard InChI is InChI=1S/C13H10F3IN2/c14-8-2-1-7(9(15)3-8)6-19-13-4-10(16)11(17)5-12(13)18/h1-5,19H,6,18H2. The van der Waals surface area contributed by atoms with Gasteiger partial charge in [0, 0.05) is 24.2 Å². The summed E-state index contributed by atoms with van der Waals surface area (Å²) in [4.78, 5) is 0. The number of anilines is 2. The maximum atomic E-state index is 13.4. The molecule has 0 heterocycles. The smallest absolute Gasteiger partial charge is 0.138 e. The maximum Gasteiger partial charge on any atom is 0.138 e. The lowest BCUT2D eigenvalue weighted by Crippen LogP contribution is -2.05. The summed E-state index contributed by atoms with van der Waals surface area (Å²) < 4.78 is 40.0. The van der Waals surface area contributed by atoms with Crippen LogP contribution in [-0.2, 0) is 6.54 Å². The fourth-order valence-electron chi connectivity index (χ4n) is 1.57. The monoisotopic (exact) mass is 378 g/mol. The van der Waals surface area contributed by atoms with E-state index in [2.05, 4.69) is 5.32 Å².